The standard InChI is InChI=1S/C18H25N3O4/c1-13(11-14-5-8-19-9-6-14)20-15(22)16(23)21-10-4-7-18(2,12-21)17(24)25-3/h5-6,8-9,13H,4,7,10-12H2,1-3H3,(H,20,22). The molecule has 1 saturated heterocycles. The van der Waals surface area contributed by atoms with Crippen molar-refractivity contribution < 1.29 is 19.1 Å². The summed E-state index contributed by atoms with van der Waals surface area (Å²) in [5.41, 5.74) is 0.275. The molecule has 1 aromatic heterocycles. The zero-order valence-electron chi connectivity index (χ0n) is 14.9. The fourth-order valence-corrected chi connectivity index (χ4v) is 3.18. The third-order valence-electron chi connectivity index (χ3n) is 4.52. The fourth-order valence-electron chi connectivity index (χ4n) is 3.18. The van der Waals surface area contributed by atoms with Gasteiger partial charge in [0.1, 0.15) is 0 Å². The Balaban J connectivity index is 1.93. The SMILES string of the molecule is COC(=O)C1(C)CCCN(C(=O)C(=O)NC(C)Cc2ccncc2)C1. The van der Waals surface area contributed by atoms with Crippen LogP contribution in [0.25, 0.3) is 0 Å². The van der Waals surface area contributed by atoms with Crippen LogP contribution in [0.1, 0.15) is 32.3 Å². The summed E-state index contributed by atoms with van der Waals surface area (Å²) in [6, 6.07) is 3.56. The molecule has 2 rings (SSSR count). The van der Waals surface area contributed by atoms with Gasteiger partial charge in [-0.15, -0.1) is 0 Å². The van der Waals surface area contributed by atoms with Gasteiger partial charge in [0.25, 0.3) is 0 Å². The molecule has 1 fully saturated rings. The van der Waals surface area contributed by atoms with Gasteiger partial charge in [0.2, 0.25) is 0 Å². The number of nitrogens with zero attached hydrogens (tertiary/aromatic N) is 2. The lowest BCUT2D eigenvalue weighted by molar-refractivity contribution is -0.159. The van der Waals surface area contributed by atoms with Gasteiger partial charge in [0.15, 0.2) is 0 Å². The minimum absolute atomic E-state index is 0.185. The number of pyridine rings is 1. The predicted molar refractivity (Wildman–Crippen MR) is 91.5 cm³/mol. The van der Waals surface area contributed by atoms with Crippen molar-refractivity contribution in [3.63, 3.8) is 0 Å². The third-order valence-corrected chi connectivity index (χ3v) is 4.52. The van der Waals surface area contributed by atoms with Gasteiger partial charge in [-0.3, -0.25) is 19.4 Å². The molecule has 0 radical (unpaired) electrons. The van der Waals surface area contributed by atoms with Crippen molar-refractivity contribution >= 4 is 17.8 Å². The summed E-state index contributed by atoms with van der Waals surface area (Å²) in [5.74, 6) is -1.59. The van der Waals surface area contributed by atoms with E-state index in [1.807, 2.05) is 19.1 Å². The van der Waals surface area contributed by atoms with Gasteiger partial charge in [-0.2, -0.15) is 0 Å². The first-order valence-electron chi connectivity index (χ1n) is 8.43. The van der Waals surface area contributed by atoms with Crippen LogP contribution in [0.5, 0.6) is 0 Å². The minimum atomic E-state index is -0.758. The molecular weight excluding hydrogens is 322 g/mol. The molecule has 1 aliphatic heterocycles. The van der Waals surface area contributed by atoms with Crippen molar-refractivity contribution in [2.75, 3.05) is 20.2 Å². The number of nitrogens with one attached hydrogen (secondary N) is 1. The first-order chi connectivity index (χ1) is 11.9. The number of ether oxygens (including phenoxy) is 1. The molecule has 2 atom stereocenters. The van der Waals surface area contributed by atoms with E-state index in [-0.39, 0.29) is 18.6 Å². The van der Waals surface area contributed by atoms with Crippen molar-refractivity contribution in [1.29, 1.82) is 0 Å². The molecule has 2 unspecified atom stereocenters. The molecular formula is C18H25N3O4. The molecule has 0 bridgehead atoms. The quantitative estimate of drug-likeness (QED) is 0.647. The number of aromatic nitrogens is 1. The van der Waals surface area contributed by atoms with Crippen molar-refractivity contribution in [3.8, 4) is 0 Å². The molecule has 136 valence electrons. The maximum Gasteiger partial charge on any atom is 0.313 e. The number of carbonyl (C=O) groups excluding carboxylic acids is 3. The Bertz CT molecular complexity index is 634. The summed E-state index contributed by atoms with van der Waals surface area (Å²) in [7, 11) is 1.34. The summed E-state index contributed by atoms with van der Waals surface area (Å²) < 4.78 is 4.83. The lowest BCUT2D eigenvalue weighted by Gasteiger charge is -2.38. The molecule has 0 aromatic carbocycles. The average molecular weight is 347 g/mol. The molecule has 1 aliphatic rings. The van der Waals surface area contributed by atoms with Gasteiger partial charge in [0, 0.05) is 31.5 Å². The van der Waals surface area contributed by atoms with Crippen LogP contribution in [-0.2, 0) is 25.5 Å². The number of rotatable bonds is 4. The van der Waals surface area contributed by atoms with E-state index in [0.717, 1.165) is 5.56 Å². The Hall–Kier alpha value is -2.44. The molecule has 0 spiro atoms. The zero-order valence-corrected chi connectivity index (χ0v) is 14.9. The Morgan fingerprint density at radius 3 is 2.68 bits per heavy atom. The maximum atomic E-state index is 12.4. The van der Waals surface area contributed by atoms with Crippen LogP contribution in [-0.4, -0.2) is 53.9 Å². The van der Waals surface area contributed by atoms with Crippen LogP contribution in [0.15, 0.2) is 24.5 Å². The second-order valence-electron chi connectivity index (χ2n) is 6.82. The Labute approximate surface area is 147 Å². The van der Waals surface area contributed by atoms with Gasteiger partial charge in [-0.1, -0.05) is 0 Å². The molecule has 7 heteroatoms. The van der Waals surface area contributed by atoms with Gasteiger partial charge < -0.3 is 15.0 Å². The van der Waals surface area contributed by atoms with E-state index in [1.54, 1.807) is 19.3 Å². The lowest BCUT2D eigenvalue weighted by atomic mass is 9.82. The fraction of sp³-hybridized carbons (Fsp3) is 0.556. The molecule has 2 heterocycles. The first-order valence-corrected chi connectivity index (χ1v) is 8.43. The summed E-state index contributed by atoms with van der Waals surface area (Å²) in [5, 5.41) is 2.73. The number of methoxy groups -OCH3 is 1. The molecule has 1 N–H and O–H groups in total. The van der Waals surface area contributed by atoms with E-state index in [4.69, 9.17) is 4.74 Å². The number of amides is 2. The third kappa shape index (κ3) is 4.78. The number of hydrogen-bond donors (Lipinski definition) is 1. The minimum Gasteiger partial charge on any atom is -0.469 e. The van der Waals surface area contributed by atoms with Crippen LogP contribution < -0.4 is 5.32 Å². The van der Waals surface area contributed by atoms with E-state index in [2.05, 4.69) is 10.3 Å². The Kier molecular flexibility index (Phi) is 6.12. The number of carbonyl (C=O) groups is 3. The lowest BCUT2D eigenvalue weighted by Crippen LogP contribution is -2.53. The van der Waals surface area contributed by atoms with Crippen LogP contribution in [0.4, 0.5) is 0 Å². The normalized spacial score (nSPS) is 21.3. The van der Waals surface area contributed by atoms with Crippen LogP contribution in [0.2, 0.25) is 0 Å². The Morgan fingerprint density at radius 2 is 2.04 bits per heavy atom. The molecule has 0 aliphatic carbocycles. The highest BCUT2D eigenvalue weighted by molar-refractivity contribution is 6.35. The summed E-state index contributed by atoms with van der Waals surface area (Å²) in [6.45, 7) is 4.28. The maximum absolute atomic E-state index is 12.4. The summed E-state index contributed by atoms with van der Waals surface area (Å²) in [4.78, 5) is 42.0. The van der Waals surface area contributed by atoms with E-state index < -0.39 is 17.2 Å². The van der Waals surface area contributed by atoms with Crippen LogP contribution >= 0.6 is 0 Å². The van der Waals surface area contributed by atoms with Gasteiger partial charge in [-0.05, 0) is 50.8 Å². The van der Waals surface area contributed by atoms with Crippen molar-refractivity contribution in [2.45, 2.75) is 39.2 Å². The summed E-state index contributed by atoms with van der Waals surface area (Å²) >= 11 is 0. The smallest absolute Gasteiger partial charge is 0.313 e. The Morgan fingerprint density at radius 1 is 1.36 bits per heavy atom. The van der Waals surface area contributed by atoms with Crippen LogP contribution in [0, 0.1) is 5.41 Å². The van der Waals surface area contributed by atoms with E-state index in [0.29, 0.717) is 25.8 Å². The van der Waals surface area contributed by atoms with E-state index >= 15 is 0 Å². The number of esters is 1. The highest BCUT2D eigenvalue weighted by Crippen LogP contribution is 2.30. The number of likely N-dealkylation sites (tertiary alicyclic amines) is 1. The highest BCUT2D eigenvalue weighted by atomic mass is 16.5. The van der Waals surface area contributed by atoms with Crippen molar-refractivity contribution in [1.82, 2.24) is 15.2 Å². The van der Waals surface area contributed by atoms with Crippen molar-refractivity contribution in [2.24, 2.45) is 5.41 Å². The number of piperidine rings is 1. The number of hydrogen-bond acceptors (Lipinski definition) is 5. The van der Waals surface area contributed by atoms with Crippen molar-refractivity contribution in [3.05, 3.63) is 30.1 Å². The second kappa shape index (κ2) is 8.09. The van der Waals surface area contributed by atoms with E-state index in [9.17, 15) is 14.4 Å². The predicted octanol–water partition coefficient (Wildman–Crippen LogP) is 0.930. The molecule has 1 aromatic rings. The zero-order chi connectivity index (χ0) is 18.4. The molecule has 7 nitrogen and oxygen atoms in total. The topological polar surface area (TPSA) is 88.6 Å². The van der Waals surface area contributed by atoms with E-state index in [1.165, 1.54) is 12.0 Å². The van der Waals surface area contributed by atoms with Crippen LogP contribution in [0.3, 0.4) is 0 Å². The monoisotopic (exact) mass is 347 g/mol. The van der Waals surface area contributed by atoms with Gasteiger partial charge in [0.05, 0.1) is 12.5 Å². The largest absolute Gasteiger partial charge is 0.469 e. The average Bonchev–Trinajstić information content (AvgIpc) is 2.61. The highest BCUT2D eigenvalue weighted by Gasteiger charge is 2.41. The molecule has 2 amide bonds. The molecule has 25 heavy (non-hydrogen) atoms. The van der Waals surface area contributed by atoms with Gasteiger partial charge in [-0.25, -0.2) is 0 Å². The van der Waals surface area contributed by atoms with Gasteiger partial charge >= 0.3 is 17.8 Å². The summed E-state index contributed by atoms with van der Waals surface area (Å²) in [6.07, 6.45) is 5.30. The first kappa shape index (κ1) is 18.9. The molecule has 0 saturated carbocycles. The second-order valence-corrected chi connectivity index (χ2v) is 6.82.